The Morgan fingerprint density at radius 3 is 2.38 bits per heavy atom. The van der Waals surface area contributed by atoms with Gasteiger partial charge in [0, 0.05) is 22.8 Å². The number of hydrogen-bond acceptors (Lipinski definition) is 2. The Balaban J connectivity index is 0.00000128. The maximum Gasteiger partial charge on any atom is 0.0270 e. The number of benzene rings is 1. The first kappa shape index (κ1) is 12.9. The smallest absolute Gasteiger partial charge is 0.0270 e. The fourth-order valence-electron chi connectivity index (χ4n) is 1.62. The zero-order valence-electron chi connectivity index (χ0n) is 9.23. The molecular formula is C13H15BrN2. The minimum atomic E-state index is 0. The first-order valence-electron chi connectivity index (χ1n) is 4.93. The van der Waals surface area contributed by atoms with E-state index >= 15 is 0 Å². The Morgan fingerprint density at radius 1 is 1.06 bits per heavy atom. The number of pyridine rings is 1. The van der Waals surface area contributed by atoms with Crippen molar-refractivity contribution in [1.29, 1.82) is 0 Å². The van der Waals surface area contributed by atoms with Gasteiger partial charge in [-0.3, -0.25) is 4.98 Å². The average molecular weight is 279 g/mol. The molecule has 84 valence electrons. The van der Waals surface area contributed by atoms with Crippen LogP contribution in [0.1, 0.15) is 24.0 Å². The SMILES string of the molecule is CC(c1ccncc1)c1cccc(Br)c1.N. The van der Waals surface area contributed by atoms with Crippen LogP contribution in [0.4, 0.5) is 0 Å². The molecule has 0 aliphatic carbocycles. The van der Waals surface area contributed by atoms with E-state index in [0.29, 0.717) is 5.92 Å². The second kappa shape index (κ2) is 5.77. The van der Waals surface area contributed by atoms with Crippen molar-refractivity contribution in [2.75, 3.05) is 0 Å². The van der Waals surface area contributed by atoms with Crippen LogP contribution in [0, 0.1) is 0 Å². The van der Waals surface area contributed by atoms with Crippen molar-refractivity contribution in [2.45, 2.75) is 12.8 Å². The number of halogens is 1. The van der Waals surface area contributed by atoms with Crippen molar-refractivity contribution in [1.82, 2.24) is 11.1 Å². The van der Waals surface area contributed by atoms with Crippen molar-refractivity contribution in [3.8, 4) is 0 Å². The normalized spacial score (nSPS) is 11.6. The van der Waals surface area contributed by atoms with E-state index in [1.807, 2.05) is 18.5 Å². The average Bonchev–Trinajstić information content (AvgIpc) is 2.29. The fourth-order valence-corrected chi connectivity index (χ4v) is 2.04. The first-order chi connectivity index (χ1) is 7.27. The predicted molar refractivity (Wildman–Crippen MR) is 70.9 cm³/mol. The lowest BCUT2D eigenvalue weighted by Gasteiger charge is -2.12. The molecule has 3 N–H and O–H groups in total. The quantitative estimate of drug-likeness (QED) is 0.897. The number of rotatable bonds is 2. The van der Waals surface area contributed by atoms with Gasteiger partial charge >= 0.3 is 0 Å². The van der Waals surface area contributed by atoms with Crippen molar-refractivity contribution >= 4 is 15.9 Å². The van der Waals surface area contributed by atoms with E-state index < -0.39 is 0 Å². The van der Waals surface area contributed by atoms with Crippen LogP contribution < -0.4 is 6.15 Å². The molecule has 16 heavy (non-hydrogen) atoms. The molecule has 2 aromatic rings. The molecule has 0 saturated carbocycles. The van der Waals surface area contributed by atoms with Gasteiger partial charge in [0.25, 0.3) is 0 Å². The van der Waals surface area contributed by atoms with Gasteiger partial charge in [-0.2, -0.15) is 0 Å². The molecule has 0 aliphatic rings. The highest BCUT2D eigenvalue weighted by atomic mass is 79.9. The molecule has 0 bridgehead atoms. The second-order valence-electron chi connectivity index (χ2n) is 3.56. The second-order valence-corrected chi connectivity index (χ2v) is 4.47. The van der Waals surface area contributed by atoms with Gasteiger partial charge in [-0.25, -0.2) is 0 Å². The van der Waals surface area contributed by atoms with Crippen LogP contribution in [0.2, 0.25) is 0 Å². The lowest BCUT2D eigenvalue weighted by Crippen LogP contribution is -1.95. The molecule has 1 heterocycles. The Morgan fingerprint density at radius 2 is 1.75 bits per heavy atom. The molecular weight excluding hydrogens is 264 g/mol. The fraction of sp³-hybridized carbons (Fsp3) is 0.154. The maximum atomic E-state index is 4.03. The highest BCUT2D eigenvalue weighted by molar-refractivity contribution is 9.10. The lowest BCUT2D eigenvalue weighted by atomic mass is 9.94. The summed E-state index contributed by atoms with van der Waals surface area (Å²) in [7, 11) is 0. The standard InChI is InChI=1S/C13H12BrN.H3N/c1-10(11-5-7-15-8-6-11)12-3-2-4-13(14)9-12;/h2-10H,1H3;1H3. The third-order valence-corrected chi connectivity index (χ3v) is 3.05. The van der Waals surface area contributed by atoms with Gasteiger partial charge in [0.1, 0.15) is 0 Å². The number of hydrogen-bond donors (Lipinski definition) is 1. The molecule has 2 rings (SSSR count). The molecule has 0 saturated heterocycles. The third-order valence-electron chi connectivity index (χ3n) is 2.55. The zero-order valence-corrected chi connectivity index (χ0v) is 10.8. The van der Waals surface area contributed by atoms with Crippen LogP contribution in [0.3, 0.4) is 0 Å². The Kier molecular flexibility index (Phi) is 4.65. The molecule has 1 aromatic carbocycles. The summed E-state index contributed by atoms with van der Waals surface area (Å²) in [5.41, 5.74) is 2.61. The van der Waals surface area contributed by atoms with E-state index in [1.54, 1.807) is 0 Å². The van der Waals surface area contributed by atoms with Gasteiger partial charge in [0.15, 0.2) is 0 Å². The van der Waals surface area contributed by atoms with E-state index in [-0.39, 0.29) is 6.15 Å². The van der Waals surface area contributed by atoms with Crippen LogP contribution in [0.5, 0.6) is 0 Å². The summed E-state index contributed by atoms with van der Waals surface area (Å²) in [4.78, 5) is 4.03. The van der Waals surface area contributed by atoms with Gasteiger partial charge in [-0.05, 0) is 35.4 Å². The molecule has 1 unspecified atom stereocenters. The Hall–Kier alpha value is -1.19. The van der Waals surface area contributed by atoms with Crippen molar-refractivity contribution in [2.24, 2.45) is 0 Å². The predicted octanol–water partition coefficient (Wildman–Crippen LogP) is 4.16. The van der Waals surface area contributed by atoms with Crippen LogP contribution in [-0.4, -0.2) is 4.98 Å². The topological polar surface area (TPSA) is 47.9 Å². The van der Waals surface area contributed by atoms with Crippen molar-refractivity contribution in [3.63, 3.8) is 0 Å². The van der Waals surface area contributed by atoms with Crippen LogP contribution in [0.15, 0.2) is 53.3 Å². The summed E-state index contributed by atoms with van der Waals surface area (Å²) in [5, 5.41) is 0. The third kappa shape index (κ3) is 2.90. The summed E-state index contributed by atoms with van der Waals surface area (Å²) in [6.45, 7) is 2.21. The highest BCUT2D eigenvalue weighted by Gasteiger charge is 2.07. The summed E-state index contributed by atoms with van der Waals surface area (Å²) in [6, 6.07) is 12.5. The van der Waals surface area contributed by atoms with Crippen molar-refractivity contribution in [3.05, 3.63) is 64.4 Å². The van der Waals surface area contributed by atoms with E-state index in [4.69, 9.17) is 0 Å². The highest BCUT2D eigenvalue weighted by Crippen LogP contribution is 2.25. The Bertz CT molecular complexity index is 443. The minimum Gasteiger partial charge on any atom is -0.344 e. The van der Waals surface area contributed by atoms with Crippen LogP contribution in [0.25, 0.3) is 0 Å². The minimum absolute atomic E-state index is 0. The van der Waals surface area contributed by atoms with Gasteiger partial charge in [-0.1, -0.05) is 35.0 Å². The van der Waals surface area contributed by atoms with E-state index in [1.165, 1.54) is 11.1 Å². The molecule has 2 nitrogen and oxygen atoms in total. The molecule has 1 atom stereocenters. The zero-order chi connectivity index (χ0) is 10.7. The van der Waals surface area contributed by atoms with Crippen molar-refractivity contribution < 1.29 is 0 Å². The Labute approximate surface area is 104 Å². The van der Waals surface area contributed by atoms with E-state index in [0.717, 1.165) is 4.47 Å². The molecule has 0 aliphatic heterocycles. The first-order valence-corrected chi connectivity index (χ1v) is 5.72. The van der Waals surface area contributed by atoms with Gasteiger partial charge in [0.2, 0.25) is 0 Å². The molecule has 0 spiro atoms. The molecule has 0 amide bonds. The summed E-state index contributed by atoms with van der Waals surface area (Å²) in [6.07, 6.45) is 3.67. The maximum absolute atomic E-state index is 4.03. The summed E-state index contributed by atoms with van der Waals surface area (Å²) < 4.78 is 1.13. The van der Waals surface area contributed by atoms with Gasteiger partial charge in [0.05, 0.1) is 0 Å². The summed E-state index contributed by atoms with van der Waals surface area (Å²) in [5.74, 6) is 0.408. The lowest BCUT2D eigenvalue weighted by molar-refractivity contribution is 0.916. The molecule has 0 fully saturated rings. The van der Waals surface area contributed by atoms with Crippen LogP contribution in [-0.2, 0) is 0 Å². The summed E-state index contributed by atoms with van der Waals surface area (Å²) >= 11 is 3.49. The number of nitrogens with zero attached hydrogens (tertiary/aromatic N) is 1. The van der Waals surface area contributed by atoms with Gasteiger partial charge < -0.3 is 6.15 Å². The van der Waals surface area contributed by atoms with E-state index in [2.05, 4.69) is 58.2 Å². The largest absolute Gasteiger partial charge is 0.344 e. The molecule has 0 radical (unpaired) electrons. The molecule has 1 aromatic heterocycles. The molecule has 3 heteroatoms. The number of aromatic nitrogens is 1. The van der Waals surface area contributed by atoms with Gasteiger partial charge in [-0.15, -0.1) is 0 Å². The monoisotopic (exact) mass is 278 g/mol. The van der Waals surface area contributed by atoms with Crippen LogP contribution >= 0.6 is 15.9 Å². The van der Waals surface area contributed by atoms with E-state index in [9.17, 15) is 0 Å².